The molecule has 0 radical (unpaired) electrons. The Morgan fingerprint density at radius 1 is 1.31 bits per heavy atom. The fraction of sp³-hybridized carbons (Fsp3) is 0.923. The third-order valence-electron chi connectivity index (χ3n) is 3.04. The Morgan fingerprint density at radius 2 is 1.94 bits per heavy atom. The Labute approximate surface area is 99.4 Å². The predicted molar refractivity (Wildman–Crippen MR) is 63.8 cm³/mol. The smallest absolute Gasteiger partial charge is 0.500 e. The molecular weight excluding hydrogens is 204 g/mol. The molecule has 3 heteroatoms. The number of esters is 1. The van der Waals surface area contributed by atoms with E-state index in [1.807, 2.05) is 20.8 Å². The van der Waals surface area contributed by atoms with Gasteiger partial charge in [-0.2, -0.15) is 0 Å². The maximum atomic E-state index is 10.7. The zero-order chi connectivity index (χ0) is 12.6. The van der Waals surface area contributed by atoms with Crippen molar-refractivity contribution in [2.75, 3.05) is 0 Å². The van der Waals surface area contributed by atoms with E-state index in [0.717, 1.165) is 32.1 Å². The van der Waals surface area contributed by atoms with Crippen LogP contribution in [0.15, 0.2) is 0 Å². The number of unbranched alkanes of at least 4 members (excludes halogenated alkanes) is 1. The molecule has 96 valence electrons. The molecule has 0 aromatic heterocycles. The summed E-state index contributed by atoms with van der Waals surface area (Å²) in [7, 11) is 0. The Balaban J connectivity index is 4.46. The first kappa shape index (κ1) is 15.3. The lowest BCUT2D eigenvalue weighted by Gasteiger charge is -2.19. The summed E-state index contributed by atoms with van der Waals surface area (Å²) in [5.41, 5.74) is -0.320. The summed E-state index contributed by atoms with van der Waals surface area (Å²) in [6.07, 6.45) is 4.92. The molecule has 1 unspecified atom stereocenters. The first-order chi connectivity index (χ1) is 7.50. The second-order valence-electron chi connectivity index (χ2n) is 4.87. The standard InChI is InChI=1S/C13H26O3/c1-6-9-10-11(7-2)12(16-14)15-13(4,5)8-3/h11H,6-10H2,1-5H3. The monoisotopic (exact) mass is 230 g/mol. The van der Waals surface area contributed by atoms with Crippen LogP contribution in [-0.4, -0.2) is 11.6 Å². The molecule has 0 aliphatic heterocycles. The van der Waals surface area contributed by atoms with Gasteiger partial charge in [0.05, 0.1) is 0 Å². The van der Waals surface area contributed by atoms with Gasteiger partial charge in [0.25, 0.3) is 0 Å². The summed E-state index contributed by atoms with van der Waals surface area (Å²) in [6.45, 7) is 10.2. The molecule has 0 rings (SSSR count). The molecule has 0 spiro atoms. The van der Waals surface area contributed by atoms with Crippen molar-refractivity contribution in [1.29, 1.82) is 0 Å². The molecule has 0 saturated heterocycles. The van der Waals surface area contributed by atoms with Crippen LogP contribution >= 0.6 is 0 Å². The van der Waals surface area contributed by atoms with Crippen molar-refractivity contribution in [3.05, 3.63) is 0 Å². The van der Waals surface area contributed by atoms with E-state index in [-0.39, 0.29) is 17.5 Å². The van der Waals surface area contributed by atoms with Crippen molar-refractivity contribution in [2.45, 2.75) is 72.3 Å². The van der Waals surface area contributed by atoms with Gasteiger partial charge in [0, 0.05) is 20.3 Å². The summed E-state index contributed by atoms with van der Waals surface area (Å²) in [5.74, 6) is 0.395. The van der Waals surface area contributed by atoms with Crippen LogP contribution < -0.4 is 5.26 Å². The zero-order valence-corrected chi connectivity index (χ0v) is 11.3. The Hall–Kier alpha value is -0.730. The number of hydrogen-bond donors (Lipinski definition) is 0. The maximum absolute atomic E-state index is 10.7. The van der Waals surface area contributed by atoms with Crippen LogP contribution in [0.3, 0.4) is 0 Å². The van der Waals surface area contributed by atoms with Gasteiger partial charge in [-0.25, -0.2) is 0 Å². The third-order valence-corrected chi connectivity index (χ3v) is 3.04. The lowest BCUT2D eigenvalue weighted by molar-refractivity contribution is -1.05. The Bertz CT molecular complexity index is 209. The number of ether oxygens (including phenoxy) is 1. The Kier molecular flexibility index (Phi) is 7.18. The van der Waals surface area contributed by atoms with Crippen LogP contribution in [0.1, 0.15) is 66.7 Å². The van der Waals surface area contributed by atoms with Gasteiger partial charge in [0.2, 0.25) is 0 Å². The highest BCUT2D eigenvalue weighted by molar-refractivity contribution is 5.73. The lowest BCUT2D eigenvalue weighted by atomic mass is 9.99. The molecule has 0 N–H and O–H groups in total. The fourth-order valence-electron chi connectivity index (χ4n) is 1.45. The van der Waals surface area contributed by atoms with Gasteiger partial charge < -0.3 is 9.99 Å². The summed E-state index contributed by atoms with van der Waals surface area (Å²) in [4.78, 5) is 0. The highest BCUT2D eigenvalue weighted by atomic mass is 17.1. The maximum Gasteiger partial charge on any atom is 0.500 e. The van der Waals surface area contributed by atoms with Crippen molar-refractivity contribution in [2.24, 2.45) is 5.92 Å². The van der Waals surface area contributed by atoms with Crippen molar-refractivity contribution < 1.29 is 14.6 Å². The predicted octanol–water partition coefficient (Wildman–Crippen LogP) is 2.75. The minimum atomic E-state index is -0.320. The van der Waals surface area contributed by atoms with Crippen molar-refractivity contribution >= 4 is 5.97 Å². The average Bonchev–Trinajstić information content (AvgIpc) is 2.28. The van der Waals surface area contributed by atoms with E-state index in [0.29, 0.717) is 0 Å². The van der Waals surface area contributed by atoms with Gasteiger partial charge in [-0.05, 0) is 12.8 Å². The van der Waals surface area contributed by atoms with Gasteiger partial charge in [-0.3, -0.25) is 4.58 Å². The second-order valence-corrected chi connectivity index (χ2v) is 4.87. The molecule has 0 aliphatic rings. The minimum absolute atomic E-state index is 0.128. The first-order valence-electron chi connectivity index (χ1n) is 6.36. The van der Waals surface area contributed by atoms with Gasteiger partial charge >= 0.3 is 5.97 Å². The van der Waals surface area contributed by atoms with E-state index in [1.54, 1.807) is 0 Å². The van der Waals surface area contributed by atoms with E-state index < -0.39 is 0 Å². The van der Waals surface area contributed by atoms with Crippen LogP contribution in [0, 0.1) is 5.92 Å². The summed E-state index contributed by atoms with van der Waals surface area (Å²) < 4.78 is 9.85. The normalized spacial score (nSPS) is 14.9. The third kappa shape index (κ3) is 5.38. The molecule has 0 aliphatic carbocycles. The molecule has 0 heterocycles. The van der Waals surface area contributed by atoms with E-state index in [1.165, 1.54) is 0 Å². The molecule has 16 heavy (non-hydrogen) atoms. The number of hydrogen-bond acceptors (Lipinski definition) is 2. The topological polar surface area (TPSA) is 43.6 Å². The van der Waals surface area contributed by atoms with Crippen LogP contribution in [0.2, 0.25) is 0 Å². The summed E-state index contributed by atoms with van der Waals surface area (Å²) >= 11 is 0. The molecular formula is C13H26O3. The second kappa shape index (κ2) is 7.53. The molecule has 0 saturated carbocycles. The molecule has 0 bridgehead atoms. The van der Waals surface area contributed by atoms with Crippen molar-refractivity contribution in [3.63, 3.8) is 0 Å². The molecule has 3 nitrogen and oxygen atoms in total. The van der Waals surface area contributed by atoms with Crippen LogP contribution in [-0.2, 0) is 9.31 Å². The fourth-order valence-corrected chi connectivity index (χ4v) is 1.45. The molecule has 0 aromatic carbocycles. The highest BCUT2D eigenvalue weighted by Gasteiger charge is 2.34. The van der Waals surface area contributed by atoms with E-state index >= 15 is 0 Å². The Morgan fingerprint density at radius 3 is 2.31 bits per heavy atom. The van der Waals surface area contributed by atoms with E-state index in [9.17, 15) is 5.26 Å². The average molecular weight is 230 g/mol. The summed E-state index contributed by atoms with van der Waals surface area (Å²) in [6, 6.07) is 0. The van der Waals surface area contributed by atoms with Gasteiger partial charge in [0.1, 0.15) is 5.92 Å². The lowest BCUT2D eigenvalue weighted by Crippen LogP contribution is -2.33. The van der Waals surface area contributed by atoms with E-state index in [4.69, 9.17) is 4.74 Å². The summed E-state index contributed by atoms with van der Waals surface area (Å²) in [5, 5.41) is 10.7. The molecule has 0 fully saturated rings. The van der Waals surface area contributed by atoms with Crippen LogP contribution in [0.4, 0.5) is 0 Å². The van der Waals surface area contributed by atoms with Gasteiger partial charge in [-0.1, -0.05) is 33.6 Å². The van der Waals surface area contributed by atoms with Crippen molar-refractivity contribution in [3.8, 4) is 0 Å². The number of carbonyl (C=O) groups excluding carboxylic acids is 1. The van der Waals surface area contributed by atoms with Crippen molar-refractivity contribution in [1.82, 2.24) is 0 Å². The molecule has 0 amide bonds. The van der Waals surface area contributed by atoms with E-state index in [2.05, 4.69) is 18.4 Å². The SMILES string of the molecule is CCCCC(CC)C(OC(C)(C)CC)=[O+][O-]. The molecule has 1 atom stereocenters. The largest absolute Gasteiger partial charge is 0.588 e. The number of rotatable bonds is 7. The quantitative estimate of drug-likeness (QED) is 0.292. The van der Waals surface area contributed by atoms with Crippen LogP contribution in [0.5, 0.6) is 0 Å². The van der Waals surface area contributed by atoms with Gasteiger partial charge in [-0.15, -0.1) is 0 Å². The zero-order valence-electron chi connectivity index (χ0n) is 11.3. The van der Waals surface area contributed by atoms with Crippen LogP contribution in [0.25, 0.3) is 0 Å². The molecule has 0 aromatic rings. The highest BCUT2D eigenvalue weighted by Crippen LogP contribution is 2.21. The first-order valence-corrected chi connectivity index (χ1v) is 6.36. The minimum Gasteiger partial charge on any atom is -0.588 e. The van der Waals surface area contributed by atoms with Gasteiger partial charge in [0.15, 0.2) is 5.60 Å².